The molecule has 2 N–H and O–H groups in total. The van der Waals surface area contributed by atoms with Gasteiger partial charge >= 0.3 is 12.1 Å². The molecule has 0 radical (unpaired) electrons. The van der Waals surface area contributed by atoms with Crippen molar-refractivity contribution in [2.24, 2.45) is 0 Å². The standard InChI is InChI=1S/C27H36Cl2N4O4S/c1-25(2,3)19-14-16(21(38-19)31-23(35)30-18-11-9-10-17(28)20(18)29)22(34)33-13-12-32(15-27(33,7)8)24(36)37-26(4,5)6/h9-11,14H,12-13,15H2,1-8H3,(H2,30,31,35). The molecular weight excluding hydrogens is 547 g/mol. The Morgan fingerprint density at radius 2 is 1.68 bits per heavy atom. The monoisotopic (exact) mass is 582 g/mol. The third kappa shape index (κ3) is 7.12. The van der Waals surface area contributed by atoms with Crippen molar-refractivity contribution in [3.63, 3.8) is 0 Å². The Morgan fingerprint density at radius 3 is 2.26 bits per heavy atom. The molecule has 0 spiro atoms. The molecule has 3 rings (SSSR count). The molecule has 0 unspecified atom stereocenters. The van der Waals surface area contributed by atoms with Crippen molar-refractivity contribution in [3.05, 3.63) is 44.8 Å². The second-order valence-electron chi connectivity index (χ2n) is 12.0. The maximum absolute atomic E-state index is 13.9. The van der Waals surface area contributed by atoms with E-state index in [1.165, 1.54) is 11.3 Å². The van der Waals surface area contributed by atoms with Gasteiger partial charge in [0.1, 0.15) is 10.6 Å². The Labute approximate surface area is 238 Å². The molecule has 2 aromatic rings. The summed E-state index contributed by atoms with van der Waals surface area (Å²) in [7, 11) is 0. The van der Waals surface area contributed by atoms with E-state index in [2.05, 4.69) is 10.6 Å². The average Bonchev–Trinajstić information content (AvgIpc) is 3.19. The highest BCUT2D eigenvalue weighted by Crippen LogP contribution is 2.38. The van der Waals surface area contributed by atoms with Gasteiger partial charge in [-0.25, -0.2) is 9.59 Å². The minimum absolute atomic E-state index is 0.221. The fraction of sp³-hybridized carbons (Fsp3) is 0.519. The van der Waals surface area contributed by atoms with E-state index in [0.717, 1.165) is 4.88 Å². The normalized spacial score (nSPS) is 15.7. The molecule has 2 heterocycles. The van der Waals surface area contributed by atoms with Crippen molar-refractivity contribution >= 4 is 63.3 Å². The number of ether oxygens (including phenoxy) is 1. The van der Waals surface area contributed by atoms with Crippen LogP contribution >= 0.6 is 34.5 Å². The van der Waals surface area contributed by atoms with E-state index < -0.39 is 23.3 Å². The summed E-state index contributed by atoms with van der Waals surface area (Å²) in [6.07, 6.45) is -0.401. The maximum atomic E-state index is 13.9. The SMILES string of the molecule is CC(C)(C)OC(=O)N1CCN(C(=O)c2cc(C(C)(C)C)sc2NC(=O)Nc2cccc(Cl)c2Cl)C(C)(C)C1. The molecule has 1 aromatic heterocycles. The zero-order valence-electron chi connectivity index (χ0n) is 23.1. The number of carbonyl (C=O) groups is 3. The molecular formula is C27H36Cl2N4O4S. The second kappa shape index (κ2) is 10.9. The smallest absolute Gasteiger partial charge is 0.410 e. The summed E-state index contributed by atoms with van der Waals surface area (Å²) in [5.74, 6) is -0.221. The van der Waals surface area contributed by atoms with Crippen LogP contribution in [0.25, 0.3) is 0 Å². The van der Waals surface area contributed by atoms with E-state index in [1.54, 1.807) is 28.0 Å². The minimum atomic E-state index is -0.663. The summed E-state index contributed by atoms with van der Waals surface area (Å²) in [5, 5.41) is 6.52. The Balaban J connectivity index is 1.85. The van der Waals surface area contributed by atoms with Crippen LogP contribution < -0.4 is 10.6 Å². The van der Waals surface area contributed by atoms with Crippen molar-refractivity contribution in [2.45, 2.75) is 71.9 Å². The average molecular weight is 584 g/mol. The van der Waals surface area contributed by atoms with Crippen LogP contribution in [-0.4, -0.2) is 58.6 Å². The van der Waals surface area contributed by atoms with Crippen LogP contribution in [0.2, 0.25) is 10.0 Å². The van der Waals surface area contributed by atoms with Crippen LogP contribution in [0.3, 0.4) is 0 Å². The van der Waals surface area contributed by atoms with E-state index in [-0.39, 0.29) is 16.3 Å². The van der Waals surface area contributed by atoms with Gasteiger partial charge in [0.2, 0.25) is 0 Å². The van der Waals surface area contributed by atoms with Gasteiger partial charge in [-0.2, -0.15) is 0 Å². The van der Waals surface area contributed by atoms with Crippen molar-refractivity contribution in [3.8, 4) is 0 Å². The molecule has 208 valence electrons. The van der Waals surface area contributed by atoms with Gasteiger partial charge in [-0.05, 0) is 58.2 Å². The fourth-order valence-corrected chi connectivity index (χ4v) is 5.48. The highest BCUT2D eigenvalue weighted by Gasteiger charge is 2.41. The number of hydrogen-bond donors (Lipinski definition) is 2. The Morgan fingerprint density at radius 1 is 1.03 bits per heavy atom. The summed E-state index contributed by atoms with van der Waals surface area (Å²) in [5.41, 5.74) is -0.756. The topological polar surface area (TPSA) is 91.0 Å². The number of amides is 4. The van der Waals surface area contributed by atoms with Gasteiger partial charge in [0, 0.05) is 24.5 Å². The number of urea groups is 1. The molecule has 8 nitrogen and oxygen atoms in total. The lowest BCUT2D eigenvalue weighted by molar-refractivity contribution is -0.0108. The number of carbonyl (C=O) groups excluding carboxylic acids is 3. The Bertz CT molecular complexity index is 1230. The predicted octanol–water partition coefficient (Wildman–Crippen LogP) is 7.47. The van der Waals surface area contributed by atoms with Gasteiger partial charge in [0.05, 0.1) is 26.8 Å². The van der Waals surface area contributed by atoms with Gasteiger partial charge in [0.15, 0.2) is 0 Å². The summed E-state index contributed by atoms with van der Waals surface area (Å²) in [4.78, 5) is 43.8. The van der Waals surface area contributed by atoms with Crippen molar-refractivity contribution in [1.29, 1.82) is 0 Å². The molecule has 1 fully saturated rings. The van der Waals surface area contributed by atoms with Gasteiger partial charge in [-0.1, -0.05) is 50.0 Å². The van der Waals surface area contributed by atoms with Crippen LogP contribution in [0.15, 0.2) is 24.3 Å². The number of rotatable bonds is 3. The summed E-state index contributed by atoms with van der Waals surface area (Å²) < 4.78 is 5.53. The van der Waals surface area contributed by atoms with Crippen molar-refractivity contribution in [1.82, 2.24) is 9.80 Å². The maximum Gasteiger partial charge on any atom is 0.410 e. The zero-order chi connectivity index (χ0) is 28.6. The first kappa shape index (κ1) is 30.1. The number of nitrogens with one attached hydrogen (secondary N) is 2. The number of benzene rings is 1. The number of halogens is 2. The Hall–Kier alpha value is -2.49. The number of thiophene rings is 1. The minimum Gasteiger partial charge on any atom is -0.444 e. The molecule has 0 saturated carbocycles. The lowest BCUT2D eigenvalue weighted by Crippen LogP contribution is -2.62. The first-order chi connectivity index (χ1) is 17.4. The van der Waals surface area contributed by atoms with Crippen molar-refractivity contribution < 1.29 is 19.1 Å². The first-order valence-corrected chi connectivity index (χ1v) is 13.9. The molecule has 4 amide bonds. The molecule has 1 saturated heterocycles. The summed E-state index contributed by atoms with van der Waals surface area (Å²) in [6.45, 7) is 16.4. The third-order valence-corrected chi connectivity index (χ3v) is 8.22. The molecule has 38 heavy (non-hydrogen) atoms. The van der Waals surface area contributed by atoms with Crippen LogP contribution in [-0.2, 0) is 10.2 Å². The lowest BCUT2D eigenvalue weighted by atomic mass is 9.93. The molecule has 0 aliphatic carbocycles. The zero-order valence-corrected chi connectivity index (χ0v) is 25.5. The molecule has 1 aliphatic rings. The van der Waals surface area contributed by atoms with Crippen LogP contribution in [0.4, 0.5) is 20.3 Å². The van der Waals surface area contributed by atoms with E-state index in [1.807, 2.05) is 61.5 Å². The first-order valence-electron chi connectivity index (χ1n) is 12.4. The van der Waals surface area contributed by atoms with Crippen LogP contribution in [0.1, 0.15) is 70.6 Å². The number of piperazine rings is 1. The molecule has 1 aliphatic heterocycles. The number of nitrogens with zero attached hydrogens (tertiary/aromatic N) is 2. The molecule has 11 heteroatoms. The number of anilines is 2. The van der Waals surface area contributed by atoms with Crippen LogP contribution in [0.5, 0.6) is 0 Å². The van der Waals surface area contributed by atoms with Crippen molar-refractivity contribution in [2.75, 3.05) is 30.3 Å². The van der Waals surface area contributed by atoms with E-state index in [4.69, 9.17) is 27.9 Å². The fourth-order valence-electron chi connectivity index (χ4n) is 4.03. The summed E-state index contributed by atoms with van der Waals surface area (Å²) >= 11 is 13.6. The molecule has 0 atom stereocenters. The highest BCUT2D eigenvalue weighted by atomic mass is 35.5. The summed E-state index contributed by atoms with van der Waals surface area (Å²) in [6, 6.07) is 6.25. The number of hydrogen-bond acceptors (Lipinski definition) is 5. The molecule has 1 aromatic carbocycles. The Kier molecular flexibility index (Phi) is 8.66. The van der Waals surface area contributed by atoms with Gasteiger partial charge in [-0.3, -0.25) is 10.1 Å². The van der Waals surface area contributed by atoms with Gasteiger partial charge in [0.25, 0.3) is 5.91 Å². The molecule has 0 bridgehead atoms. The van der Waals surface area contributed by atoms with E-state index in [9.17, 15) is 14.4 Å². The van der Waals surface area contributed by atoms with E-state index in [0.29, 0.717) is 40.9 Å². The van der Waals surface area contributed by atoms with Gasteiger partial charge in [-0.15, -0.1) is 11.3 Å². The van der Waals surface area contributed by atoms with E-state index >= 15 is 0 Å². The largest absolute Gasteiger partial charge is 0.444 e. The highest BCUT2D eigenvalue weighted by molar-refractivity contribution is 7.16. The second-order valence-corrected chi connectivity index (χ2v) is 13.8. The van der Waals surface area contributed by atoms with Gasteiger partial charge < -0.3 is 19.9 Å². The third-order valence-electron chi connectivity index (χ3n) is 5.93. The lowest BCUT2D eigenvalue weighted by Gasteiger charge is -2.47. The predicted molar refractivity (Wildman–Crippen MR) is 155 cm³/mol. The quantitative estimate of drug-likeness (QED) is 0.392. The van der Waals surface area contributed by atoms with Crippen LogP contribution in [0, 0.1) is 0 Å².